The average Bonchev–Trinajstić information content (AvgIpc) is 2.96. The SMILES string of the molecule is CC(C)C1NCCn2c(-c3ccn[nH]3)nnc21. The number of rotatable bonds is 2. The minimum absolute atomic E-state index is 0.285. The molecule has 17 heavy (non-hydrogen) atoms. The second-order valence-electron chi connectivity index (χ2n) is 4.68. The third-order valence-corrected chi connectivity index (χ3v) is 3.17. The molecule has 1 unspecified atom stereocenters. The van der Waals surface area contributed by atoms with Crippen LogP contribution in [-0.2, 0) is 6.54 Å². The standard InChI is InChI=1S/C11H16N6/c1-7(2)9-11-16-15-10(8-3-4-13-14-8)17(11)6-5-12-9/h3-4,7,9,12H,5-6H2,1-2H3,(H,13,14). The monoisotopic (exact) mass is 232 g/mol. The van der Waals surface area contributed by atoms with Crippen molar-refractivity contribution >= 4 is 0 Å². The van der Waals surface area contributed by atoms with Crippen LogP contribution in [0.15, 0.2) is 12.3 Å². The average molecular weight is 232 g/mol. The van der Waals surface area contributed by atoms with Gasteiger partial charge in [0.05, 0.1) is 6.04 Å². The molecule has 2 aromatic rings. The lowest BCUT2D eigenvalue weighted by molar-refractivity contribution is 0.339. The van der Waals surface area contributed by atoms with Gasteiger partial charge in [0.1, 0.15) is 5.69 Å². The number of nitrogens with one attached hydrogen (secondary N) is 2. The molecule has 6 nitrogen and oxygen atoms in total. The Morgan fingerprint density at radius 1 is 1.41 bits per heavy atom. The van der Waals surface area contributed by atoms with Crippen LogP contribution >= 0.6 is 0 Å². The maximum absolute atomic E-state index is 4.32. The van der Waals surface area contributed by atoms with Crippen molar-refractivity contribution in [3.8, 4) is 11.5 Å². The van der Waals surface area contributed by atoms with E-state index in [1.54, 1.807) is 6.20 Å². The van der Waals surface area contributed by atoms with E-state index >= 15 is 0 Å². The molecule has 90 valence electrons. The minimum atomic E-state index is 0.285. The summed E-state index contributed by atoms with van der Waals surface area (Å²) in [6, 6.07) is 2.21. The van der Waals surface area contributed by atoms with Crippen molar-refractivity contribution in [2.24, 2.45) is 5.92 Å². The highest BCUT2D eigenvalue weighted by atomic mass is 15.3. The summed E-state index contributed by atoms with van der Waals surface area (Å²) < 4.78 is 2.18. The van der Waals surface area contributed by atoms with Crippen molar-refractivity contribution in [2.75, 3.05) is 6.54 Å². The molecule has 0 saturated heterocycles. The number of fused-ring (bicyclic) bond motifs is 1. The fraction of sp³-hybridized carbons (Fsp3) is 0.545. The molecule has 0 aliphatic carbocycles. The summed E-state index contributed by atoms with van der Waals surface area (Å²) in [5.74, 6) is 2.41. The first kappa shape index (κ1) is 10.5. The van der Waals surface area contributed by atoms with Crippen LogP contribution in [0, 0.1) is 5.92 Å². The van der Waals surface area contributed by atoms with Crippen LogP contribution < -0.4 is 5.32 Å². The van der Waals surface area contributed by atoms with E-state index in [2.05, 4.69) is 44.1 Å². The predicted molar refractivity (Wildman–Crippen MR) is 63.2 cm³/mol. The first-order valence-electron chi connectivity index (χ1n) is 5.93. The van der Waals surface area contributed by atoms with Gasteiger partial charge in [-0.15, -0.1) is 10.2 Å². The van der Waals surface area contributed by atoms with Crippen LogP contribution in [-0.4, -0.2) is 31.5 Å². The van der Waals surface area contributed by atoms with Crippen molar-refractivity contribution in [1.29, 1.82) is 0 Å². The largest absolute Gasteiger partial charge is 0.307 e. The second-order valence-corrected chi connectivity index (χ2v) is 4.68. The number of hydrogen-bond donors (Lipinski definition) is 2. The number of nitrogens with zero attached hydrogens (tertiary/aromatic N) is 4. The van der Waals surface area contributed by atoms with Crippen LogP contribution in [0.1, 0.15) is 25.7 Å². The van der Waals surface area contributed by atoms with Crippen molar-refractivity contribution in [2.45, 2.75) is 26.4 Å². The van der Waals surface area contributed by atoms with Gasteiger partial charge < -0.3 is 9.88 Å². The van der Waals surface area contributed by atoms with Gasteiger partial charge in [-0.05, 0) is 12.0 Å². The Morgan fingerprint density at radius 2 is 2.29 bits per heavy atom. The highest BCUT2D eigenvalue weighted by molar-refractivity contribution is 5.48. The molecule has 0 bridgehead atoms. The van der Waals surface area contributed by atoms with E-state index < -0.39 is 0 Å². The molecule has 2 N–H and O–H groups in total. The molecule has 0 aromatic carbocycles. The predicted octanol–water partition coefficient (Wildman–Crippen LogP) is 0.968. The lowest BCUT2D eigenvalue weighted by atomic mass is 10.0. The molecule has 0 amide bonds. The molecule has 1 aliphatic heterocycles. The van der Waals surface area contributed by atoms with Gasteiger partial charge in [0, 0.05) is 19.3 Å². The van der Waals surface area contributed by atoms with E-state index in [-0.39, 0.29) is 6.04 Å². The van der Waals surface area contributed by atoms with Gasteiger partial charge in [0.15, 0.2) is 11.6 Å². The van der Waals surface area contributed by atoms with Gasteiger partial charge in [-0.25, -0.2) is 0 Å². The third kappa shape index (κ3) is 1.64. The third-order valence-electron chi connectivity index (χ3n) is 3.17. The summed E-state index contributed by atoms with van der Waals surface area (Å²) in [5, 5.41) is 19.0. The van der Waals surface area contributed by atoms with Gasteiger partial charge in [-0.1, -0.05) is 13.8 Å². The second kappa shape index (κ2) is 3.96. The Hall–Kier alpha value is -1.69. The van der Waals surface area contributed by atoms with Crippen LogP contribution in [0.25, 0.3) is 11.5 Å². The molecule has 1 aliphatic rings. The zero-order valence-corrected chi connectivity index (χ0v) is 10.0. The summed E-state index contributed by atoms with van der Waals surface area (Å²) >= 11 is 0. The molecular formula is C11H16N6. The van der Waals surface area contributed by atoms with Crippen LogP contribution in [0.5, 0.6) is 0 Å². The minimum Gasteiger partial charge on any atom is -0.307 e. The lowest BCUT2D eigenvalue weighted by Gasteiger charge is -2.27. The summed E-state index contributed by atoms with van der Waals surface area (Å²) in [6.45, 7) is 6.24. The maximum atomic E-state index is 4.32. The molecule has 0 fully saturated rings. The van der Waals surface area contributed by atoms with Crippen molar-refractivity contribution in [1.82, 2.24) is 30.3 Å². The quantitative estimate of drug-likeness (QED) is 0.809. The number of hydrogen-bond acceptors (Lipinski definition) is 4. The normalized spacial score (nSPS) is 19.6. The number of H-pyrrole nitrogens is 1. The Balaban J connectivity index is 2.05. The molecule has 0 radical (unpaired) electrons. The van der Waals surface area contributed by atoms with E-state index in [1.165, 1.54) is 0 Å². The molecular weight excluding hydrogens is 216 g/mol. The van der Waals surface area contributed by atoms with E-state index in [9.17, 15) is 0 Å². The number of aromatic amines is 1. The highest BCUT2D eigenvalue weighted by Crippen LogP contribution is 2.26. The Morgan fingerprint density at radius 3 is 3.00 bits per heavy atom. The Kier molecular flexibility index (Phi) is 2.44. The Labute approximate surface area is 99.4 Å². The first-order valence-corrected chi connectivity index (χ1v) is 5.93. The molecule has 3 rings (SSSR count). The van der Waals surface area contributed by atoms with Crippen molar-refractivity contribution in [3.05, 3.63) is 18.1 Å². The van der Waals surface area contributed by atoms with Crippen molar-refractivity contribution < 1.29 is 0 Å². The smallest absolute Gasteiger partial charge is 0.182 e. The molecule has 0 spiro atoms. The molecule has 3 heterocycles. The van der Waals surface area contributed by atoms with E-state index in [0.717, 1.165) is 30.4 Å². The summed E-state index contributed by atoms with van der Waals surface area (Å²) in [5.41, 5.74) is 0.924. The zero-order valence-electron chi connectivity index (χ0n) is 10.0. The van der Waals surface area contributed by atoms with Gasteiger partial charge in [0.2, 0.25) is 0 Å². The molecule has 6 heteroatoms. The van der Waals surface area contributed by atoms with Gasteiger partial charge in [0.25, 0.3) is 0 Å². The summed E-state index contributed by atoms with van der Waals surface area (Å²) in [7, 11) is 0. The van der Waals surface area contributed by atoms with Crippen LogP contribution in [0.2, 0.25) is 0 Å². The van der Waals surface area contributed by atoms with Gasteiger partial charge in [-0.2, -0.15) is 5.10 Å². The topological polar surface area (TPSA) is 71.4 Å². The lowest BCUT2D eigenvalue weighted by Crippen LogP contribution is -2.36. The fourth-order valence-electron chi connectivity index (χ4n) is 2.30. The van der Waals surface area contributed by atoms with Crippen molar-refractivity contribution in [3.63, 3.8) is 0 Å². The summed E-state index contributed by atoms with van der Waals surface area (Å²) in [4.78, 5) is 0. The van der Waals surface area contributed by atoms with E-state index in [4.69, 9.17) is 0 Å². The van der Waals surface area contributed by atoms with Gasteiger partial charge in [-0.3, -0.25) is 5.10 Å². The number of aromatic nitrogens is 5. The van der Waals surface area contributed by atoms with E-state index in [1.807, 2.05) is 6.07 Å². The van der Waals surface area contributed by atoms with Gasteiger partial charge >= 0.3 is 0 Å². The Bertz CT molecular complexity index is 498. The van der Waals surface area contributed by atoms with E-state index in [0.29, 0.717) is 5.92 Å². The fourth-order valence-corrected chi connectivity index (χ4v) is 2.30. The summed E-state index contributed by atoms with van der Waals surface area (Å²) in [6.07, 6.45) is 1.73. The maximum Gasteiger partial charge on any atom is 0.182 e. The highest BCUT2D eigenvalue weighted by Gasteiger charge is 2.27. The van der Waals surface area contributed by atoms with Crippen LogP contribution in [0.4, 0.5) is 0 Å². The molecule has 0 saturated carbocycles. The first-order chi connectivity index (χ1) is 8.27. The molecule has 2 aromatic heterocycles. The molecule has 1 atom stereocenters. The van der Waals surface area contributed by atoms with Crippen LogP contribution in [0.3, 0.4) is 0 Å². The zero-order chi connectivity index (χ0) is 11.8.